The van der Waals surface area contributed by atoms with Gasteiger partial charge in [-0.3, -0.25) is 0 Å². The Bertz CT molecular complexity index is 704. The number of amides is 1. The fourth-order valence-corrected chi connectivity index (χ4v) is 2.56. The Morgan fingerprint density at radius 1 is 1.15 bits per heavy atom. The number of ether oxygens (including phenoxy) is 2. The Balaban J connectivity index is 2.04. The second-order valence-corrected chi connectivity index (χ2v) is 6.93. The summed E-state index contributed by atoms with van der Waals surface area (Å²) in [6.07, 6.45) is 1.33. The van der Waals surface area contributed by atoms with Crippen LogP contribution in [0.4, 0.5) is 4.79 Å². The van der Waals surface area contributed by atoms with Gasteiger partial charge in [0.05, 0.1) is 5.56 Å². The van der Waals surface area contributed by atoms with Gasteiger partial charge in [-0.05, 0) is 26.8 Å². The predicted molar refractivity (Wildman–Crippen MR) is 89.6 cm³/mol. The van der Waals surface area contributed by atoms with E-state index in [1.54, 1.807) is 25.7 Å². The SMILES string of the molecule is CC(C)(C)OC(=O)N1CCC(Oc2nccc(C(=O)O)c2C(=O)O)CC1. The van der Waals surface area contributed by atoms with Gasteiger partial charge in [-0.15, -0.1) is 0 Å². The number of likely N-dealkylation sites (tertiary alicyclic amines) is 1. The molecule has 0 radical (unpaired) electrons. The molecule has 1 aliphatic rings. The molecule has 1 aromatic rings. The zero-order chi connectivity index (χ0) is 19.5. The molecule has 1 saturated heterocycles. The first-order valence-electron chi connectivity index (χ1n) is 8.18. The zero-order valence-electron chi connectivity index (χ0n) is 14.9. The highest BCUT2D eigenvalue weighted by Crippen LogP contribution is 2.24. The number of nitrogens with zero attached hydrogens (tertiary/aromatic N) is 2. The third-order valence-corrected chi connectivity index (χ3v) is 3.73. The van der Waals surface area contributed by atoms with Gasteiger partial charge in [0.15, 0.2) is 0 Å². The Hall–Kier alpha value is -2.84. The van der Waals surface area contributed by atoms with Crippen molar-refractivity contribution in [3.8, 4) is 5.88 Å². The van der Waals surface area contributed by atoms with Crippen molar-refractivity contribution >= 4 is 18.0 Å². The number of carbonyl (C=O) groups is 3. The Morgan fingerprint density at radius 3 is 2.27 bits per heavy atom. The van der Waals surface area contributed by atoms with E-state index in [4.69, 9.17) is 14.6 Å². The topological polar surface area (TPSA) is 126 Å². The Morgan fingerprint density at radius 2 is 1.77 bits per heavy atom. The number of aromatic carboxylic acids is 2. The number of hydrogen-bond donors (Lipinski definition) is 2. The van der Waals surface area contributed by atoms with Crippen LogP contribution < -0.4 is 4.74 Å². The van der Waals surface area contributed by atoms with Crippen LogP contribution in [0.3, 0.4) is 0 Å². The molecule has 0 saturated carbocycles. The molecule has 142 valence electrons. The molecule has 0 unspecified atom stereocenters. The average molecular weight is 366 g/mol. The van der Waals surface area contributed by atoms with Crippen LogP contribution in [0.15, 0.2) is 12.3 Å². The van der Waals surface area contributed by atoms with Crippen molar-refractivity contribution in [1.82, 2.24) is 9.88 Å². The molecule has 26 heavy (non-hydrogen) atoms. The van der Waals surface area contributed by atoms with Crippen LogP contribution in [0, 0.1) is 0 Å². The molecular weight excluding hydrogens is 344 g/mol. The van der Waals surface area contributed by atoms with Gasteiger partial charge in [-0.2, -0.15) is 0 Å². The van der Waals surface area contributed by atoms with Crippen LogP contribution in [-0.2, 0) is 4.74 Å². The van der Waals surface area contributed by atoms with E-state index in [-0.39, 0.29) is 17.5 Å². The second kappa shape index (κ2) is 7.59. The quantitative estimate of drug-likeness (QED) is 0.831. The summed E-state index contributed by atoms with van der Waals surface area (Å²) < 4.78 is 10.9. The molecule has 9 nitrogen and oxygen atoms in total. The first kappa shape index (κ1) is 19.5. The lowest BCUT2D eigenvalue weighted by Gasteiger charge is -2.33. The minimum absolute atomic E-state index is 0.229. The molecule has 1 fully saturated rings. The van der Waals surface area contributed by atoms with Gasteiger partial charge in [0.2, 0.25) is 5.88 Å². The number of carboxylic acid groups (broad SMARTS) is 2. The number of carbonyl (C=O) groups excluding carboxylic acids is 1. The minimum atomic E-state index is -1.42. The largest absolute Gasteiger partial charge is 0.478 e. The number of aromatic nitrogens is 1. The highest BCUT2D eigenvalue weighted by Gasteiger charge is 2.30. The minimum Gasteiger partial charge on any atom is -0.478 e. The number of hydrogen-bond acceptors (Lipinski definition) is 6. The van der Waals surface area contributed by atoms with Crippen LogP contribution in [0.5, 0.6) is 5.88 Å². The summed E-state index contributed by atoms with van der Waals surface area (Å²) in [5, 5.41) is 18.4. The highest BCUT2D eigenvalue weighted by atomic mass is 16.6. The molecule has 0 aliphatic carbocycles. The Kier molecular flexibility index (Phi) is 5.69. The van der Waals surface area contributed by atoms with Crippen LogP contribution >= 0.6 is 0 Å². The maximum atomic E-state index is 12.0. The fraction of sp³-hybridized carbons (Fsp3) is 0.529. The van der Waals surface area contributed by atoms with E-state index < -0.39 is 29.2 Å². The molecule has 0 aromatic carbocycles. The number of piperidine rings is 1. The lowest BCUT2D eigenvalue weighted by molar-refractivity contribution is 0.0121. The number of rotatable bonds is 4. The molecule has 9 heteroatoms. The third kappa shape index (κ3) is 4.84. The second-order valence-electron chi connectivity index (χ2n) is 6.93. The highest BCUT2D eigenvalue weighted by molar-refractivity contribution is 6.03. The third-order valence-electron chi connectivity index (χ3n) is 3.73. The molecule has 2 heterocycles. The van der Waals surface area contributed by atoms with E-state index in [0.717, 1.165) is 6.07 Å². The van der Waals surface area contributed by atoms with E-state index in [2.05, 4.69) is 4.98 Å². The molecule has 0 atom stereocenters. The summed E-state index contributed by atoms with van der Waals surface area (Å²) in [5.74, 6) is -3.01. The van der Waals surface area contributed by atoms with Crippen LogP contribution in [0.25, 0.3) is 0 Å². The summed E-state index contributed by atoms with van der Waals surface area (Å²) in [7, 11) is 0. The fourth-order valence-electron chi connectivity index (χ4n) is 2.56. The van der Waals surface area contributed by atoms with Crippen LogP contribution in [0.2, 0.25) is 0 Å². The van der Waals surface area contributed by atoms with Crippen molar-refractivity contribution in [2.75, 3.05) is 13.1 Å². The normalized spacial score (nSPS) is 15.4. The van der Waals surface area contributed by atoms with Crippen molar-refractivity contribution in [1.29, 1.82) is 0 Å². The van der Waals surface area contributed by atoms with Gasteiger partial charge in [0, 0.05) is 32.1 Å². The van der Waals surface area contributed by atoms with E-state index >= 15 is 0 Å². The molecule has 2 N–H and O–H groups in total. The van der Waals surface area contributed by atoms with Gasteiger partial charge in [-0.1, -0.05) is 0 Å². The van der Waals surface area contributed by atoms with Gasteiger partial charge >= 0.3 is 18.0 Å². The van der Waals surface area contributed by atoms with Crippen molar-refractivity contribution in [3.63, 3.8) is 0 Å². The lowest BCUT2D eigenvalue weighted by atomic mass is 10.1. The van der Waals surface area contributed by atoms with Crippen molar-refractivity contribution in [2.24, 2.45) is 0 Å². The summed E-state index contributed by atoms with van der Waals surface area (Å²) >= 11 is 0. The first-order valence-corrected chi connectivity index (χ1v) is 8.18. The molecular formula is C17H22N2O7. The van der Waals surface area contributed by atoms with E-state index in [1.807, 2.05) is 0 Å². The van der Waals surface area contributed by atoms with Crippen molar-refractivity contribution in [2.45, 2.75) is 45.3 Å². The average Bonchev–Trinajstić information content (AvgIpc) is 2.53. The summed E-state index contributed by atoms with van der Waals surface area (Å²) in [6, 6.07) is 1.11. The van der Waals surface area contributed by atoms with Gasteiger partial charge < -0.3 is 24.6 Å². The van der Waals surface area contributed by atoms with Gasteiger partial charge in [-0.25, -0.2) is 19.4 Å². The molecule has 1 aromatic heterocycles. The summed E-state index contributed by atoms with van der Waals surface area (Å²) in [6.45, 7) is 6.14. The predicted octanol–water partition coefficient (Wildman–Crippen LogP) is 2.26. The molecule has 1 amide bonds. The van der Waals surface area contributed by atoms with E-state index in [1.165, 1.54) is 6.20 Å². The summed E-state index contributed by atoms with van der Waals surface area (Å²) in [4.78, 5) is 40.1. The van der Waals surface area contributed by atoms with Gasteiger partial charge in [0.25, 0.3) is 0 Å². The molecule has 0 spiro atoms. The monoisotopic (exact) mass is 366 g/mol. The molecule has 0 bridgehead atoms. The number of pyridine rings is 1. The lowest BCUT2D eigenvalue weighted by Crippen LogP contribution is -2.44. The van der Waals surface area contributed by atoms with Crippen molar-refractivity contribution < 1.29 is 34.1 Å². The van der Waals surface area contributed by atoms with E-state index in [9.17, 15) is 19.5 Å². The molecule has 1 aliphatic heterocycles. The smallest absolute Gasteiger partial charge is 0.410 e. The number of carboxylic acids is 2. The maximum Gasteiger partial charge on any atom is 0.410 e. The van der Waals surface area contributed by atoms with Crippen LogP contribution in [0.1, 0.15) is 54.3 Å². The zero-order valence-corrected chi connectivity index (χ0v) is 14.9. The first-order chi connectivity index (χ1) is 12.1. The maximum absolute atomic E-state index is 12.0. The van der Waals surface area contributed by atoms with Gasteiger partial charge in [0.1, 0.15) is 17.3 Å². The van der Waals surface area contributed by atoms with Crippen LogP contribution in [-0.4, -0.2) is 62.9 Å². The standard InChI is InChI=1S/C17H22N2O7/c1-17(2,3)26-16(24)19-8-5-10(6-9-19)25-13-12(15(22)23)11(14(20)21)4-7-18-13/h4,7,10H,5-6,8-9H2,1-3H3,(H,20,21)(H,22,23). The molecule has 2 rings (SSSR count). The Labute approximate surface area is 150 Å². The van der Waals surface area contributed by atoms with E-state index in [0.29, 0.717) is 25.9 Å². The van der Waals surface area contributed by atoms with Crippen molar-refractivity contribution in [3.05, 3.63) is 23.4 Å². The summed E-state index contributed by atoms with van der Waals surface area (Å²) in [5.41, 5.74) is -1.44.